The SMILES string of the molecule is COCCNC(=O)CSC1CCCCC1Sc1ccc(Cl)c(Cl)c1. The molecule has 2 unspecified atom stereocenters. The third-order valence-corrected chi connectivity index (χ3v) is 7.60. The molecule has 0 heterocycles. The fourth-order valence-electron chi connectivity index (χ4n) is 2.64. The van der Waals surface area contributed by atoms with E-state index >= 15 is 0 Å². The van der Waals surface area contributed by atoms with E-state index in [1.54, 1.807) is 18.9 Å². The van der Waals surface area contributed by atoms with Gasteiger partial charge in [-0.3, -0.25) is 4.79 Å². The lowest BCUT2D eigenvalue weighted by atomic mass is 10.00. The summed E-state index contributed by atoms with van der Waals surface area (Å²) in [6, 6.07) is 5.80. The van der Waals surface area contributed by atoms with Crippen LogP contribution in [0.15, 0.2) is 23.1 Å². The second-order valence-electron chi connectivity index (χ2n) is 5.71. The molecule has 1 amide bonds. The molecule has 7 heteroatoms. The van der Waals surface area contributed by atoms with Gasteiger partial charge in [-0.15, -0.1) is 23.5 Å². The minimum atomic E-state index is 0.0842. The van der Waals surface area contributed by atoms with Crippen LogP contribution in [0.3, 0.4) is 0 Å². The molecular weight excluding hydrogens is 385 g/mol. The molecule has 0 radical (unpaired) electrons. The lowest BCUT2D eigenvalue weighted by Crippen LogP contribution is -2.31. The van der Waals surface area contributed by atoms with Crippen molar-refractivity contribution in [3.8, 4) is 0 Å². The molecule has 0 saturated heterocycles. The van der Waals surface area contributed by atoms with E-state index in [1.807, 2.05) is 30.0 Å². The van der Waals surface area contributed by atoms with E-state index in [0.717, 1.165) is 11.3 Å². The number of rotatable bonds is 8. The Morgan fingerprint density at radius 1 is 1.25 bits per heavy atom. The van der Waals surface area contributed by atoms with Crippen LogP contribution in [0.4, 0.5) is 0 Å². The van der Waals surface area contributed by atoms with E-state index in [2.05, 4.69) is 5.32 Å². The molecule has 0 spiro atoms. The van der Waals surface area contributed by atoms with Crippen molar-refractivity contribution in [3.05, 3.63) is 28.2 Å². The van der Waals surface area contributed by atoms with Gasteiger partial charge in [-0.1, -0.05) is 36.0 Å². The highest BCUT2D eigenvalue weighted by Gasteiger charge is 2.27. The molecule has 2 rings (SSSR count). The summed E-state index contributed by atoms with van der Waals surface area (Å²) in [5.74, 6) is 0.591. The molecule has 2 atom stereocenters. The fourth-order valence-corrected chi connectivity index (χ4v) is 5.81. The number of thioether (sulfide) groups is 2. The summed E-state index contributed by atoms with van der Waals surface area (Å²) >= 11 is 15.7. The highest BCUT2D eigenvalue weighted by Crippen LogP contribution is 2.40. The number of carbonyl (C=O) groups excluding carboxylic acids is 1. The molecule has 0 aromatic heterocycles. The van der Waals surface area contributed by atoms with Crippen molar-refractivity contribution < 1.29 is 9.53 Å². The van der Waals surface area contributed by atoms with Crippen molar-refractivity contribution in [2.75, 3.05) is 26.0 Å². The van der Waals surface area contributed by atoms with Gasteiger partial charge in [0.25, 0.3) is 0 Å². The number of benzene rings is 1. The van der Waals surface area contributed by atoms with Crippen molar-refractivity contribution in [1.29, 1.82) is 0 Å². The zero-order chi connectivity index (χ0) is 17.4. The summed E-state index contributed by atoms with van der Waals surface area (Å²) in [6.07, 6.45) is 4.82. The van der Waals surface area contributed by atoms with E-state index in [1.165, 1.54) is 19.3 Å². The van der Waals surface area contributed by atoms with Gasteiger partial charge in [0.1, 0.15) is 0 Å². The fraction of sp³-hybridized carbons (Fsp3) is 0.588. The summed E-state index contributed by atoms with van der Waals surface area (Å²) in [7, 11) is 1.63. The van der Waals surface area contributed by atoms with Gasteiger partial charge in [0.15, 0.2) is 0 Å². The van der Waals surface area contributed by atoms with Crippen molar-refractivity contribution >= 4 is 52.6 Å². The molecule has 3 nitrogen and oxygen atoms in total. The number of nitrogens with one attached hydrogen (secondary N) is 1. The van der Waals surface area contributed by atoms with Crippen molar-refractivity contribution in [2.45, 2.75) is 41.1 Å². The van der Waals surface area contributed by atoms with Gasteiger partial charge in [-0.05, 0) is 31.0 Å². The Morgan fingerprint density at radius 2 is 2.00 bits per heavy atom. The minimum Gasteiger partial charge on any atom is -0.383 e. The third kappa shape index (κ3) is 6.68. The molecule has 1 fully saturated rings. The zero-order valence-electron chi connectivity index (χ0n) is 13.7. The molecule has 1 aromatic carbocycles. The maximum atomic E-state index is 11.9. The first-order valence-electron chi connectivity index (χ1n) is 8.09. The molecule has 1 aliphatic rings. The van der Waals surface area contributed by atoms with Crippen LogP contribution in [-0.2, 0) is 9.53 Å². The normalized spacial score (nSPS) is 20.8. The monoisotopic (exact) mass is 407 g/mol. The Hall–Kier alpha value is -0.0700. The van der Waals surface area contributed by atoms with E-state index in [0.29, 0.717) is 39.4 Å². The van der Waals surface area contributed by atoms with Crippen LogP contribution in [-0.4, -0.2) is 42.4 Å². The number of methoxy groups -OCH3 is 1. The first-order valence-corrected chi connectivity index (χ1v) is 10.8. The van der Waals surface area contributed by atoms with Crippen molar-refractivity contribution in [1.82, 2.24) is 5.32 Å². The van der Waals surface area contributed by atoms with Gasteiger partial charge in [-0.2, -0.15) is 0 Å². The number of ether oxygens (including phenoxy) is 1. The maximum Gasteiger partial charge on any atom is 0.230 e. The van der Waals surface area contributed by atoms with Crippen LogP contribution in [0.2, 0.25) is 10.0 Å². The van der Waals surface area contributed by atoms with Crippen molar-refractivity contribution in [2.24, 2.45) is 0 Å². The second kappa shape index (κ2) is 10.8. The molecule has 1 N–H and O–H groups in total. The Kier molecular flexibility index (Phi) is 9.12. The molecular formula is C17H23Cl2NO2S2. The summed E-state index contributed by atoms with van der Waals surface area (Å²) in [5.41, 5.74) is 0. The lowest BCUT2D eigenvalue weighted by Gasteiger charge is -2.30. The number of halogens is 2. The minimum absolute atomic E-state index is 0.0842. The molecule has 0 bridgehead atoms. The molecule has 0 aliphatic heterocycles. The average Bonchev–Trinajstić information content (AvgIpc) is 2.58. The summed E-state index contributed by atoms with van der Waals surface area (Å²) < 4.78 is 4.94. The molecule has 1 aliphatic carbocycles. The number of carbonyl (C=O) groups is 1. The Balaban J connectivity index is 1.85. The molecule has 134 valence electrons. The van der Waals surface area contributed by atoms with Gasteiger partial charge in [0.2, 0.25) is 5.91 Å². The smallest absolute Gasteiger partial charge is 0.230 e. The first kappa shape index (κ1) is 20.2. The molecule has 1 saturated carbocycles. The van der Waals surface area contributed by atoms with Gasteiger partial charge in [-0.25, -0.2) is 0 Å². The van der Waals surface area contributed by atoms with E-state index in [9.17, 15) is 4.79 Å². The van der Waals surface area contributed by atoms with Crippen LogP contribution >= 0.6 is 46.7 Å². The van der Waals surface area contributed by atoms with Gasteiger partial charge in [0.05, 0.1) is 22.4 Å². The van der Waals surface area contributed by atoms with Gasteiger partial charge >= 0.3 is 0 Å². The Morgan fingerprint density at radius 3 is 2.71 bits per heavy atom. The zero-order valence-corrected chi connectivity index (χ0v) is 16.9. The van der Waals surface area contributed by atoms with Gasteiger partial charge < -0.3 is 10.1 Å². The number of hydrogen-bond donors (Lipinski definition) is 1. The van der Waals surface area contributed by atoms with E-state index in [4.69, 9.17) is 27.9 Å². The summed E-state index contributed by atoms with van der Waals surface area (Å²) in [5, 5.41) is 5.06. The van der Waals surface area contributed by atoms with Crippen LogP contribution in [0.25, 0.3) is 0 Å². The highest BCUT2D eigenvalue weighted by atomic mass is 35.5. The van der Waals surface area contributed by atoms with Crippen molar-refractivity contribution in [3.63, 3.8) is 0 Å². The summed E-state index contributed by atoms with van der Waals surface area (Å²) in [6.45, 7) is 1.12. The topological polar surface area (TPSA) is 38.3 Å². The number of hydrogen-bond acceptors (Lipinski definition) is 4. The Bertz CT molecular complexity index is 545. The number of amides is 1. The largest absolute Gasteiger partial charge is 0.383 e. The average molecular weight is 408 g/mol. The quantitative estimate of drug-likeness (QED) is 0.622. The predicted octanol–water partition coefficient (Wildman–Crippen LogP) is 4.89. The van der Waals surface area contributed by atoms with Crippen LogP contribution in [0, 0.1) is 0 Å². The van der Waals surface area contributed by atoms with Crippen LogP contribution < -0.4 is 5.32 Å². The summed E-state index contributed by atoms with van der Waals surface area (Å²) in [4.78, 5) is 13.0. The Labute approximate surface area is 162 Å². The molecule has 24 heavy (non-hydrogen) atoms. The standard InChI is InChI=1S/C17H23Cl2NO2S2/c1-22-9-8-20-17(21)11-23-15-4-2-3-5-16(15)24-12-6-7-13(18)14(19)10-12/h6-7,10,15-16H,2-5,8-9,11H2,1H3,(H,20,21). The van der Waals surface area contributed by atoms with Gasteiger partial charge in [0, 0.05) is 29.0 Å². The third-order valence-electron chi connectivity index (χ3n) is 3.88. The molecule has 1 aromatic rings. The maximum absolute atomic E-state index is 11.9. The van der Waals surface area contributed by atoms with Crippen LogP contribution in [0.1, 0.15) is 25.7 Å². The second-order valence-corrected chi connectivity index (χ2v) is 9.06. The lowest BCUT2D eigenvalue weighted by molar-refractivity contribution is -0.118. The predicted molar refractivity (Wildman–Crippen MR) is 106 cm³/mol. The first-order chi connectivity index (χ1) is 11.6. The van der Waals surface area contributed by atoms with E-state index < -0.39 is 0 Å². The van der Waals surface area contributed by atoms with Crippen LogP contribution in [0.5, 0.6) is 0 Å². The van der Waals surface area contributed by atoms with E-state index in [-0.39, 0.29) is 5.91 Å². The highest BCUT2D eigenvalue weighted by molar-refractivity contribution is 8.04.